The number of aromatic nitrogens is 1. The summed E-state index contributed by atoms with van der Waals surface area (Å²) in [6.45, 7) is 2.33. The van der Waals surface area contributed by atoms with Crippen LogP contribution in [-0.4, -0.2) is 70.9 Å². The van der Waals surface area contributed by atoms with E-state index in [0.29, 0.717) is 39.0 Å². The Labute approximate surface area is 209 Å². The molecule has 1 spiro atoms. The Balaban J connectivity index is 1.35. The van der Waals surface area contributed by atoms with Gasteiger partial charge in [-0.25, -0.2) is 0 Å². The van der Waals surface area contributed by atoms with Crippen molar-refractivity contribution in [1.82, 2.24) is 19.7 Å². The van der Waals surface area contributed by atoms with Crippen LogP contribution in [0.2, 0.25) is 0 Å². The average molecular weight is 490 g/mol. The van der Waals surface area contributed by atoms with Crippen molar-refractivity contribution in [3.8, 4) is 0 Å². The van der Waals surface area contributed by atoms with Gasteiger partial charge in [-0.2, -0.15) is 0 Å². The van der Waals surface area contributed by atoms with Crippen molar-refractivity contribution in [2.75, 3.05) is 37.6 Å². The van der Waals surface area contributed by atoms with Gasteiger partial charge >= 0.3 is 0 Å². The van der Waals surface area contributed by atoms with Crippen LogP contribution in [-0.2, 0) is 26.5 Å². The molecule has 9 heteroatoms. The van der Waals surface area contributed by atoms with Crippen molar-refractivity contribution in [3.05, 3.63) is 64.6 Å². The summed E-state index contributed by atoms with van der Waals surface area (Å²) in [5, 5.41) is 3.08. The molecule has 36 heavy (non-hydrogen) atoms. The van der Waals surface area contributed by atoms with Crippen LogP contribution in [0.3, 0.4) is 0 Å². The fourth-order valence-electron chi connectivity index (χ4n) is 6.81. The first-order chi connectivity index (χ1) is 17.5. The number of carbonyl (C=O) groups excluding carboxylic acids is 3. The van der Waals surface area contributed by atoms with Gasteiger partial charge in [0.2, 0.25) is 11.8 Å². The monoisotopic (exact) mass is 489 g/mol. The van der Waals surface area contributed by atoms with Gasteiger partial charge in [-0.3, -0.25) is 24.1 Å². The first-order valence-corrected chi connectivity index (χ1v) is 12.9. The molecule has 3 saturated heterocycles. The minimum atomic E-state index is -0.979. The maximum Gasteiger partial charge on any atom is 0.253 e. The molecule has 2 aromatic rings. The lowest BCUT2D eigenvalue weighted by molar-refractivity contribution is -0.139. The highest BCUT2D eigenvalue weighted by molar-refractivity contribution is 6.11. The Hall–Kier alpha value is -3.46. The largest absolute Gasteiger partial charge is 0.356 e. The van der Waals surface area contributed by atoms with Gasteiger partial charge in [0.15, 0.2) is 0 Å². The molecular formula is C27H31N5O4. The summed E-state index contributed by atoms with van der Waals surface area (Å²) in [5.41, 5.74) is 0.532. The van der Waals surface area contributed by atoms with Crippen LogP contribution in [0, 0.1) is 5.92 Å². The molecule has 5 heterocycles. The van der Waals surface area contributed by atoms with Crippen LogP contribution in [0.25, 0.3) is 0 Å². The van der Waals surface area contributed by atoms with E-state index < -0.39 is 11.5 Å². The fraction of sp³-hybridized carbons (Fsp3) is 0.481. The molecule has 3 amide bonds. The Morgan fingerprint density at radius 1 is 0.972 bits per heavy atom. The van der Waals surface area contributed by atoms with Crippen molar-refractivity contribution in [1.29, 1.82) is 0 Å². The topological polar surface area (TPSA) is 95.0 Å². The summed E-state index contributed by atoms with van der Waals surface area (Å²) in [5.74, 6) is -0.743. The van der Waals surface area contributed by atoms with Gasteiger partial charge in [-0.1, -0.05) is 24.3 Å². The molecule has 1 N–H and O–H groups in total. The van der Waals surface area contributed by atoms with E-state index in [1.165, 1.54) is 10.6 Å². The second kappa shape index (κ2) is 8.89. The van der Waals surface area contributed by atoms with E-state index in [2.05, 4.69) is 10.2 Å². The molecule has 0 unspecified atom stereocenters. The van der Waals surface area contributed by atoms with E-state index in [-0.39, 0.29) is 35.9 Å². The van der Waals surface area contributed by atoms with Crippen molar-refractivity contribution in [2.45, 2.75) is 43.8 Å². The summed E-state index contributed by atoms with van der Waals surface area (Å²) < 4.78 is 1.39. The van der Waals surface area contributed by atoms with Gasteiger partial charge in [0, 0.05) is 55.7 Å². The van der Waals surface area contributed by atoms with E-state index in [9.17, 15) is 19.2 Å². The summed E-state index contributed by atoms with van der Waals surface area (Å²) >= 11 is 0. The molecule has 6 rings (SSSR count). The standard InChI is InChI=1S/C27H31N5O4/c33-23-10-3-4-12-30(23)18-24(34)29-13-6-11-28-25(35)21-17-19-7-5-14-32(19)27(21)20-8-1-2-9-22(20)31(16-15-29)26(27)36/h1-4,8-10,12,19,21H,5-7,11,13-18H2,(H,28,35)/t19-,21-,27+/m0/s1. The molecule has 4 aliphatic heterocycles. The number of fused-ring (bicyclic) bond motifs is 4. The number of rotatable bonds is 2. The summed E-state index contributed by atoms with van der Waals surface area (Å²) in [4.78, 5) is 59.0. The zero-order valence-corrected chi connectivity index (χ0v) is 20.3. The molecule has 1 aromatic carbocycles. The minimum Gasteiger partial charge on any atom is -0.356 e. The highest BCUT2D eigenvalue weighted by atomic mass is 16.2. The van der Waals surface area contributed by atoms with E-state index in [1.54, 1.807) is 28.1 Å². The van der Waals surface area contributed by atoms with Crippen LogP contribution in [0.15, 0.2) is 53.5 Å². The molecule has 188 valence electrons. The first kappa shape index (κ1) is 23.0. The quantitative estimate of drug-likeness (QED) is 0.677. The Bertz CT molecular complexity index is 1270. The van der Waals surface area contributed by atoms with Crippen molar-refractivity contribution < 1.29 is 14.4 Å². The number of benzene rings is 1. The van der Waals surface area contributed by atoms with Gasteiger partial charge in [0.1, 0.15) is 12.1 Å². The summed E-state index contributed by atoms with van der Waals surface area (Å²) in [6, 6.07) is 12.9. The number of pyridine rings is 1. The highest BCUT2D eigenvalue weighted by Gasteiger charge is 2.67. The Morgan fingerprint density at radius 2 is 1.81 bits per heavy atom. The van der Waals surface area contributed by atoms with Crippen molar-refractivity contribution >= 4 is 23.4 Å². The third-order valence-electron chi connectivity index (χ3n) is 8.39. The zero-order valence-electron chi connectivity index (χ0n) is 20.3. The van der Waals surface area contributed by atoms with Gasteiger partial charge in [0.25, 0.3) is 11.5 Å². The maximum absolute atomic E-state index is 14.3. The Kier molecular flexibility index (Phi) is 5.67. The molecular weight excluding hydrogens is 458 g/mol. The molecule has 3 atom stereocenters. The van der Waals surface area contributed by atoms with Crippen molar-refractivity contribution in [3.63, 3.8) is 0 Å². The third-order valence-corrected chi connectivity index (χ3v) is 8.39. The second-order valence-electron chi connectivity index (χ2n) is 10.2. The van der Waals surface area contributed by atoms with Gasteiger partial charge in [-0.05, 0) is 44.4 Å². The molecule has 0 aliphatic carbocycles. The number of anilines is 1. The van der Waals surface area contributed by atoms with Crippen LogP contribution in [0.4, 0.5) is 5.69 Å². The number of amides is 3. The third kappa shape index (κ3) is 3.40. The lowest BCUT2D eigenvalue weighted by atomic mass is 9.78. The van der Waals surface area contributed by atoms with Gasteiger partial charge in [-0.15, -0.1) is 0 Å². The Morgan fingerprint density at radius 3 is 2.67 bits per heavy atom. The zero-order chi connectivity index (χ0) is 24.9. The van der Waals surface area contributed by atoms with E-state index in [4.69, 9.17) is 0 Å². The van der Waals surface area contributed by atoms with Crippen LogP contribution in [0.5, 0.6) is 0 Å². The van der Waals surface area contributed by atoms with E-state index in [0.717, 1.165) is 30.6 Å². The van der Waals surface area contributed by atoms with Gasteiger partial charge in [0.05, 0.1) is 5.92 Å². The molecule has 9 nitrogen and oxygen atoms in total. The summed E-state index contributed by atoms with van der Waals surface area (Å²) in [7, 11) is 0. The minimum absolute atomic E-state index is 0.0551. The van der Waals surface area contributed by atoms with Crippen LogP contribution >= 0.6 is 0 Å². The highest BCUT2D eigenvalue weighted by Crippen LogP contribution is 2.56. The fourth-order valence-corrected chi connectivity index (χ4v) is 6.81. The maximum atomic E-state index is 14.3. The predicted octanol–water partition coefficient (Wildman–Crippen LogP) is 0.923. The smallest absolute Gasteiger partial charge is 0.253 e. The lowest BCUT2D eigenvalue weighted by Crippen LogP contribution is -2.57. The number of hydrogen-bond acceptors (Lipinski definition) is 5. The van der Waals surface area contributed by atoms with Crippen LogP contribution in [0.1, 0.15) is 31.2 Å². The van der Waals surface area contributed by atoms with Gasteiger partial charge < -0.3 is 19.7 Å². The average Bonchev–Trinajstić information content (AvgIpc) is 3.53. The number of nitrogens with zero attached hydrogens (tertiary/aromatic N) is 4. The second-order valence-corrected chi connectivity index (χ2v) is 10.2. The lowest BCUT2D eigenvalue weighted by Gasteiger charge is -2.38. The summed E-state index contributed by atoms with van der Waals surface area (Å²) in [6.07, 6.45) is 4.93. The predicted molar refractivity (Wildman–Crippen MR) is 133 cm³/mol. The van der Waals surface area contributed by atoms with E-state index >= 15 is 0 Å². The molecule has 3 fully saturated rings. The molecule has 4 aliphatic rings. The van der Waals surface area contributed by atoms with Crippen LogP contribution < -0.4 is 15.8 Å². The number of hydrogen-bond donors (Lipinski definition) is 1. The molecule has 1 aromatic heterocycles. The normalized spacial score (nSPS) is 28.1. The first-order valence-electron chi connectivity index (χ1n) is 12.9. The molecule has 2 bridgehead atoms. The molecule has 0 saturated carbocycles. The molecule has 0 radical (unpaired) electrons. The number of para-hydroxylation sites is 1. The SMILES string of the molecule is O=C1NCCCN(C(=O)Cn2ccccc2=O)CCN2C(=O)[C@@]3(c4ccccc42)[C@H]1C[C@@H]1CCCN13. The number of carbonyl (C=O) groups is 3. The number of nitrogens with one attached hydrogen (secondary N) is 1. The van der Waals surface area contributed by atoms with Crippen molar-refractivity contribution in [2.24, 2.45) is 5.92 Å². The van der Waals surface area contributed by atoms with E-state index in [1.807, 2.05) is 24.3 Å².